The van der Waals surface area contributed by atoms with Crippen LogP contribution in [0, 0.1) is 0 Å². The van der Waals surface area contributed by atoms with Gasteiger partial charge < -0.3 is 0 Å². The summed E-state index contributed by atoms with van der Waals surface area (Å²) in [6.45, 7) is -0.692. The van der Waals surface area contributed by atoms with Crippen LogP contribution < -0.4 is 10.3 Å². The molecule has 0 atom stereocenters. The molecule has 0 spiro atoms. The van der Waals surface area contributed by atoms with Crippen LogP contribution in [0.5, 0.6) is 0 Å². The van der Waals surface area contributed by atoms with E-state index >= 15 is 0 Å². The Balaban J connectivity index is 1.82. The molecule has 0 unspecified atom stereocenters. The van der Waals surface area contributed by atoms with Crippen LogP contribution in [0.15, 0.2) is 34.0 Å². The lowest BCUT2D eigenvalue weighted by Crippen LogP contribution is -2.33. The van der Waals surface area contributed by atoms with Crippen LogP contribution in [0.4, 0.5) is 26.3 Å². The number of hydrogen-bond acceptors (Lipinski definition) is 4. The Bertz CT molecular complexity index is 1110. The Morgan fingerprint density at radius 1 is 0.935 bits per heavy atom. The predicted molar refractivity (Wildman–Crippen MR) is 96.8 cm³/mol. The average Bonchev–Trinajstić information content (AvgIpc) is 2.66. The number of sulfonamides is 1. The maximum atomic E-state index is 13.0. The molecule has 1 aromatic carbocycles. The molecule has 13 heteroatoms. The van der Waals surface area contributed by atoms with Crippen molar-refractivity contribution in [1.29, 1.82) is 0 Å². The van der Waals surface area contributed by atoms with Crippen LogP contribution in [-0.4, -0.2) is 24.7 Å². The van der Waals surface area contributed by atoms with Gasteiger partial charge in [0.25, 0.3) is 5.56 Å². The van der Waals surface area contributed by atoms with Crippen molar-refractivity contribution in [3.05, 3.63) is 57.0 Å². The van der Waals surface area contributed by atoms with Crippen molar-refractivity contribution in [2.75, 3.05) is 6.54 Å². The maximum absolute atomic E-state index is 13.0. The van der Waals surface area contributed by atoms with Crippen LogP contribution in [0.25, 0.3) is 0 Å². The molecule has 3 rings (SSSR count). The van der Waals surface area contributed by atoms with Crippen LogP contribution in [0.1, 0.15) is 35.2 Å². The van der Waals surface area contributed by atoms with Gasteiger partial charge in [-0.1, -0.05) is 0 Å². The third-order valence-corrected chi connectivity index (χ3v) is 6.20. The Labute approximate surface area is 172 Å². The minimum Gasteiger partial charge on any atom is -0.268 e. The smallest absolute Gasteiger partial charge is 0.268 e. The average molecular weight is 469 g/mol. The van der Waals surface area contributed by atoms with Gasteiger partial charge in [0.05, 0.1) is 28.3 Å². The highest BCUT2D eigenvalue weighted by molar-refractivity contribution is 7.89. The second-order valence-electron chi connectivity index (χ2n) is 7.02. The number of alkyl halides is 6. The molecule has 1 aliphatic rings. The third-order valence-electron chi connectivity index (χ3n) is 4.76. The Kier molecular flexibility index (Phi) is 6.20. The first-order valence-electron chi connectivity index (χ1n) is 9.16. The molecule has 0 bridgehead atoms. The number of aryl methyl sites for hydroxylation is 2. The lowest BCUT2D eigenvalue weighted by Gasteiger charge is -2.16. The molecule has 2 aromatic rings. The second kappa shape index (κ2) is 8.26. The molecule has 0 fully saturated rings. The molecule has 1 N–H and O–H groups in total. The topological polar surface area (TPSA) is 81.1 Å². The van der Waals surface area contributed by atoms with E-state index in [9.17, 15) is 39.6 Å². The molecule has 0 saturated carbocycles. The summed E-state index contributed by atoms with van der Waals surface area (Å²) in [4.78, 5) is 10.9. The fourth-order valence-electron chi connectivity index (χ4n) is 3.21. The fraction of sp³-hybridized carbons (Fsp3) is 0.444. The van der Waals surface area contributed by atoms with Crippen molar-refractivity contribution in [2.24, 2.45) is 0 Å². The molecule has 1 heterocycles. The first kappa shape index (κ1) is 23.3. The first-order valence-corrected chi connectivity index (χ1v) is 10.6. The van der Waals surface area contributed by atoms with E-state index in [1.54, 1.807) is 0 Å². The molecule has 170 valence electrons. The number of rotatable bonds is 5. The highest BCUT2D eigenvalue weighted by atomic mass is 32.2. The molecular formula is C18H17F6N3O3S. The predicted octanol–water partition coefficient (Wildman–Crippen LogP) is 3.14. The van der Waals surface area contributed by atoms with Gasteiger partial charge in [0, 0.05) is 12.6 Å². The molecular weight excluding hydrogens is 452 g/mol. The number of halogens is 6. The summed E-state index contributed by atoms with van der Waals surface area (Å²) in [5.74, 6) is 0. The van der Waals surface area contributed by atoms with Gasteiger partial charge in [-0.3, -0.25) is 4.79 Å². The Morgan fingerprint density at radius 3 is 2.10 bits per heavy atom. The van der Waals surface area contributed by atoms with Gasteiger partial charge in [-0.25, -0.2) is 17.8 Å². The van der Waals surface area contributed by atoms with E-state index in [-0.39, 0.29) is 24.7 Å². The van der Waals surface area contributed by atoms with Gasteiger partial charge in [-0.05, 0) is 49.4 Å². The van der Waals surface area contributed by atoms with Crippen molar-refractivity contribution in [3.8, 4) is 0 Å². The van der Waals surface area contributed by atoms with E-state index in [0.717, 1.165) is 23.1 Å². The monoisotopic (exact) mass is 469 g/mol. The molecule has 0 saturated heterocycles. The van der Waals surface area contributed by atoms with E-state index in [4.69, 9.17) is 0 Å². The Hall–Kier alpha value is -2.41. The van der Waals surface area contributed by atoms with Crippen molar-refractivity contribution >= 4 is 10.0 Å². The van der Waals surface area contributed by atoms with Gasteiger partial charge in [0.1, 0.15) is 0 Å². The lowest BCUT2D eigenvalue weighted by atomic mass is 9.97. The summed E-state index contributed by atoms with van der Waals surface area (Å²) >= 11 is 0. The van der Waals surface area contributed by atoms with Crippen molar-refractivity contribution < 1.29 is 34.8 Å². The zero-order valence-electron chi connectivity index (χ0n) is 15.8. The van der Waals surface area contributed by atoms with Crippen LogP contribution in [0.3, 0.4) is 0 Å². The zero-order chi connectivity index (χ0) is 23.0. The third kappa shape index (κ3) is 5.45. The summed E-state index contributed by atoms with van der Waals surface area (Å²) in [5.41, 5.74) is -2.43. The van der Waals surface area contributed by atoms with E-state index in [0.29, 0.717) is 18.5 Å². The normalized spacial score (nSPS) is 15.0. The number of fused-ring (bicyclic) bond motifs is 1. The number of hydrogen-bond donors (Lipinski definition) is 1. The number of nitrogens with zero attached hydrogens (tertiary/aromatic N) is 2. The van der Waals surface area contributed by atoms with Crippen molar-refractivity contribution in [1.82, 2.24) is 14.5 Å². The summed E-state index contributed by atoms with van der Waals surface area (Å²) in [7, 11) is -4.72. The summed E-state index contributed by atoms with van der Waals surface area (Å²) in [6.07, 6.45) is -7.16. The zero-order valence-corrected chi connectivity index (χ0v) is 16.7. The SMILES string of the molecule is O=c1cc2c(nn1CCNS(=O)(=O)c1cc(C(F)(F)F)cc(C(F)(F)F)c1)CCCC2. The number of benzene rings is 1. The highest BCUT2D eigenvalue weighted by Gasteiger charge is 2.38. The molecule has 6 nitrogen and oxygen atoms in total. The lowest BCUT2D eigenvalue weighted by molar-refractivity contribution is -0.143. The standard InChI is InChI=1S/C18H17F6N3O3S/c19-17(20,21)12-8-13(18(22,23)24)10-14(9-12)31(29,30)25-5-6-27-16(28)7-11-3-1-2-4-15(11)26-27/h7-10,25H,1-6H2. The van der Waals surface area contributed by atoms with Crippen molar-refractivity contribution in [2.45, 2.75) is 49.5 Å². The summed E-state index contributed by atoms with van der Waals surface area (Å²) in [6, 6.07) is 1.50. The van der Waals surface area contributed by atoms with Crippen LogP contribution >= 0.6 is 0 Å². The fourth-order valence-corrected chi connectivity index (χ4v) is 4.30. The van der Waals surface area contributed by atoms with E-state index < -0.39 is 50.5 Å². The van der Waals surface area contributed by atoms with Gasteiger partial charge in [0.2, 0.25) is 10.0 Å². The van der Waals surface area contributed by atoms with E-state index in [1.807, 2.05) is 4.72 Å². The van der Waals surface area contributed by atoms with Gasteiger partial charge >= 0.3 is 12.4 Å². The molecule has 1 aliphatic carbocycles. The highest BCUT2D eigenvalue weighted by Crippen LogP contribution is 2.37. The summed E-state index contributed by atoms with van der Waals surface area (Å²) in [5, 5.41) is 4.17. The van der Waals surface area contributed by atoms with E-state index in [2.05, 4.69) is 5.10 Å². The van der Waals surface area contributed by atoms with Crippen molar-refractivity contribution in [3.63, 3.8) is 0 Å². The van der Waals surface area contributed by atoms with Gasteiger partial charge in [-0.15, -0.1) is 0 Å². The quantitative estimate of drug-likeness (QED) is 0.683. The minimum absolute atomic E-state index is 0.126. The molecule has 0 radical (unpaired) electrons. The number of nitrogens with one attached hydrogen (secondary N) is 1. The number of aromatic nitrogens is 2. The van der Waals surface area contributed by atoms with Crippen LogP contribution in [0.2, 0.25) is 0 Å². The molecule has 31 heavy (non-hydrogen) atoms. The molecule has 0 amide bonds. The van der Waals surface area contributed by atoms with Gasteiger partial charge in [-0.2, -0.15) is 31.4 Å². The first-order chi connectivity index (χ1) is 14.3. The van der Waals surface area contributed by atoms with Crippen LogP contribution in [-0.2, 0) is 41.8 Å². The van der Waals surface area contributed by atoms with Gasteiger partial charge in [0.15, 0.2) is 0 Å². The second-order valence-corrected chi connectivity index (χ2v) is 8.79. The maximum Gasteiger partial charge on any atom is 0.416 e. The van der Waals surface area contributed by atoms with E-state index in [1.165, 1.54) is 6.07 Å². The Morgan fingerprint density at radius 2 is 1.52 bits per heavy atom. The molecule has 1 aromatic heterocycles. The summed E-state index contributed by atoms with van der Waals surface area (Å²) < 4.78 is 105. The largest absolute Gasteiger partial charge is 0.416 e. The molecule has 0 aliphatic heterocycles. The minimum atomic E-state index is -5.17.